The molecule has 1 aliphatic carbocycles. The quantitative estimate of drug-likeness (QED) is 0.910. The van der Waals surface area contributed by atoms with Gasteiger partial charge < -0.3 is 15.0 Å². The van der Waals surface area contributed by atoms with Gasteiger partial charge in [0, 0.05) is 23.6 Å². The molecule has 1 heterocycles. The van der Waals surface area contributed by atoms with Crippen molar-refractivity contribution in [1.29, 1.82) is 0 Å². The summed E-state index contributed by atoms with van der Waals surface area (Å²) in [6.45, 7) is 0. The summed E-state index contributed by atoms with van der Waals surface area (Å²) in [4.78, 5) is 12.2. The van der Waals surface area contributed by atoms with Gasteiger partial charge >= 0.3 is 0 Å². The number of rotatable bonds is 3. The van der Waals surface area contributed by atoms with Crippen LogP contribution in [0, 0.1) is 0 Å². The highest BCUT2D eigenvalue weighted by Gasteiger charge is 2.24. The summed E-state index contributed by atoms with van der Waals surface area (Å²) in [6.07, 6.45) is 7.25. The molecule has 1 aliphatic rings. The first kappa shape index (κ1) is 13.9. The summed E-state index contributed by atoms with van der Waals surface area (Å²) in [6, 6.07) is 11.3. The summed E-state index contributed by atoms with van der Waals surface area (Å²) in [5.41, 5.74) is 1.65. The molecule has 1 fully saturated rings. The van der Waals surface area contributed by atoms with Crippen LogP contribution >= 0.6 is 0 Å². The molecule has 1 aromatic heterocycles. The zero-order chi connectivity index (χ0) is 14.7. The second kappa shape index (κ2) is 6.14. The van der Waals surface area contributed by atoms with Crippen molar-refractivity contribution >= 4 is 5.91 Å². The lowest BCUT2D eigenvalue weighted by molar-refractivity contribution is 0.0717. The van der Waals surface area contributed by atoms with Crippen LogP contribution < -0.4 is 5.32 Å². The van der Waals surface area contributed by atoms with E-state index in [1.807, 2.05) is 53.4 Å². The van der Waals surface area contributed by atoms with Gasteiger partial charge in [-0.2, -0.15) is 0 Å². The molecule has 2 aromatic rings. The van der Waals surface area contributed by atoms with Gasteiger partial charge in [-0.05, 0) is 49.2 Å². The Labute approximate surface area is 124 Å². The number of hydrogen-bond donors (Lipinski definition) is 2. The largest absolute Gasteiger partial charge is 0.391 e. The predicted molar refractivity (Wildman–Crippen MR) is 81.5 cm³/mol. The molecule has 4 heteroatoms. The van der Waals surface area contributed by atoms with Crippen molar-refractivity contribution < 1.29 is 9.90 Å². The van der Waals surface area contributed by atoms with E-state index in [0.29, 0.717) is 5.56 Å². The van der Waals surface area contributed by atoms with Gasteiger partial charge in [0.1, 0.15) is 0 Å². The van der Waals surface area contributed by atoms with Crippen molar-refractivity contribution in [2.45, 2.75) is 37.8 Å². The molecule has 0 radical (unpaired) electrons. The SMILES string of the molecule is O=C(N[C@@H]1CCCC[C@H]1O)c1ccc(-n2cccc2)cc1. The Kier molecular flexibility index (Phi) is 4.06. The van der Waals surface area contributed by atoms with Crippen molar-refractivity contribution in [2.75, 3.05) is 0 Å². The van der Waals surface area contributed by atoms with Gasteiger partial charge in [0.05, 0.1) is 12.1 Å². The van der Waals surface area contributed by atoms with Crippen LogP contribution in [0.4, 0.5) is 0 Å². The number of benzene rings is 1. The second-order valence-corrected chi connectivity index (χ2v) is 5.57. The van der Waals surface area contributed by atoms with Crippen LogP contribution in [0.2, 0.25) is 0 Å². The highest BCUT2D eigenvalue weighted by molar-refractivity contribution is 5.94. The Morgan fingerprint density at radius 2 is 1.76 bits per heavy atom. The second-order valence-electron chi connectivity index (χ2n) is 5.57. The minimum atomic E-state index is -0.415. The van der Waals surface area contributed by atoms with Gasteiger partial charge in [-0.3, -0.25) is 4.79 Å². The predicted octanol–water partition coefficient (Wildman–Crippen LogP) is 2.51. The molecule has 0 bridgehead atoms. The minimum absolute atomic E-state index is 0.111. The normalized spacial score (nSPS) is 22.0. The molecule has 110 valence electrons. The molecule has 0 unspecified atom stereocenters. The fourth-order valence-corrected chi connectivity index (χ4v) is 2.82. The van der Waals surface area contributed by atoms with E-state index in [9.17, 15) is 9.90 Å². The monoisotopic (exact) mass is 284 g/mol. The minimum Gasteiger partial charge on any atom is -0.391 e. The van der Waals surface area contributed by atoms with Crippen molar-refractivity contribution in [2.24, 2.45) is 0 Å². The smallest absolute Gasteiger partial charge is 0.251 e. The Morgan fingerprint density at radius 3 is 2.43 bits per heavy atom. The van der Waals surface area contributed by atoms with E-state index in [4.69, 9.17) is 0 Å². The standard InChI is InChI=1S/C17H20N2O2/c20-16-6-2-1-5-15(16)18-17(21)13-7-9-14(10-8-13)19-11-3-4-12-19/h3-4,7-12,15-16,20H,1-2,5-6H2,(H,18,21)/t15-,16-/m1/s1. The number of amides is 1. The van der Waals surface area contributed by atoms with Crippen LogP contribution in [-0.4, -0.2) is 27.7 Å². The maximum atomic E-state index is 12.2. The van der Waals surface area contributed by atoms with Crippen LogP contribution in [0.3, 0.4) is 0 Å². The molecule has 1 saturated carbocycles. The highest BCUT2D eigenvalue weighted by atomic mass is 16.3. The van der Waals surface area contributed by atoms with Gasteiger partial charge in [0.15, 0.2) is 0 Å². The van der Waals surface area contributed by atoms with Crippen molar-refractivity contribution in [1.82, 2.24) is 9.88 Å². The molecule has 0 aliphatic heterocycles. The number of nitrogens with zero attached hydrogens (tertiary/aromatic N) is 1. The summed E-state index contributed by atoms with van der Waals surface area (Å²) < 4.78 is 1.99. The van der Waals surface area contributed by atoms with Gasteiger partial charge in [-0.25, -0.2) is 0 Å². The average molecular weight is 284 g/mol. The van der Waals surface area contributed by atoms with E-state index in [2.05, 4.69) is 5.32 Å². The Balaban J connectivity index is 1.67. The maximum absolute atomic E-state index is 12.2. The Bertz CT molecular complexity index is 590. The average Bonchev–Trinajstić information content (AvgIpc) is 3.04. The van der Waals surface area contributed by atoms with Crippen LogP contribution in [-0.2, 0) is 0 Å². The van der Waals surface area contributed by atoms with Gasteiger partial charge in [0.25, 0.3) is 5.91 Å². The number of nitrogens with one attached hydrogen (secondary N) is 1. The van der Waals surface area contributed by atoms with Crippen LogP contribution in [0.25, 0.3) is 5.69 Å². The van der Waals surface area contributed by atoms with Crippen LogP contribution in [0.15, 0.2) is 48.8 Å². The molecule has 1 aromatic carbocycles. The number of aromatic nitrogens is 1. The first-order valence-corrected chi connectivity index (χ1v) is 7.46. The lowest BCUT2D eigenvalue weighted by atomic mass is 9.92. The van der Waals surface area contributed by atoms with E-state index >= 15 is 0 Å². The van der Waals surface area contributed by atoms with E-state index in [1.165, 1.54) is 0 Å². The van der Waals surface area contributed by atoms with Crippen LogP contribution in [0.1, 0.15) is 36.0 Å². The molecule has 4 nitrogen and oxygen atoms in total. The Morgan fingerprint density at radius 1 is 1.10 bits per heavy atom. The van der Waals surface area contributed by atoms with Crippen molar-refractivity contribution in [3.05, 3.63) is 54.4 Å². The molecular weight excluding hydrogens is 264 g/mol. The summed E-state index contributed by atoms with van der Waals surface area (Å²) >= 11 is 0. The number of aliphatic hydroxyl groups is 1. The van der Waals surface area contributed by atoms with Gasteiger partial charge in [-0.15, -0.1) is 0 Å². The molecule has 0 saturated heterocycles. The fourth-order valence-electron chi connectivity index (χ4n) is 2.82. The van der Waals surface area contributed by atoms with Gasteiger partial charge in [0.2, 0.25) is 0 Å². The molecule has 3 rings (SSSR count). The Hall–Kier alpha value is -2.07. The van der Waals surface area contributed by atoms with E-state index in [1.54, 1.807) is 0 Å². The molecule has 2 atom stereocenters. The molecule has 2 N–H and O–H groups in total. The lowest BCUT2D eigenvalue weighted by Crippen LogP contribution is -2.45. The van der Waals surface area contributed by atoms with Gasteiger partial charge in [-0.1, -0.05) is 12.8 Å². The summed E-state index contributed by atoms with van der Waals surface area (Å²) in [5, 5.41) is 12.9. The fraction of sp³-hybridized carbons (Fsp3) is 0.353. The maximum Gasteiger partial charge on any atom is 0.251 e. The van der Waals surface area contributed by atoms with E-state index in [-0.39, 0.29) is 11.9 Å². The first-order valence-electron chi connectivity index (χ1n) is 7.46. The summed E-state index contributed by atoms with van der Waals surface area (Å²) in [5.74, 6) is -0.111. The van der Waals surface area contributed by atoms with Crippen molar-refractivity contribution in [3.63, 3.8) is 0 Å². The zero-order valence-corrected chi connectivity index (χ0v) is 11.9. The lowest BCUT2D eigenvalue weighted by Gasteiger charge is -2.28. The number of aliphatic hydroxyl groups excluding tert-OH is 1. The van der Waals surface area contributed by atoms with Crippen molar-refractivity contribution in [3.8, 4) is 5.69 Å². The number of hydrogen-bond acceptors (Lipinski definition) is 2. The summed E-state index contributed by atoms with van der Waals surface area (Å²) in [7, 11) is 0. The third-order valence-electron chi connectivity index (χ3n) is 4.08. The molecule has 21 heavy (non-hydrogen) atoms. The number of carbonyl (C=O) groups excluding carboxylic acids is 1. The molecule has 0 spiro atoms. The van der Waals surface area contributed by atoms with Crippen LogP contribution in [0.5, 0.6) is 0 Å². The highest BCUT2D eigenvalue weighted by Crippen LogP contribution is 2.19. The zero-order valence-electron chi connectivity index (χ0n) is 11.9. The first-order chi connectivity index (χ1) is 10.2. The van der Waals surface area contributed by atoms with E-state index in [0.717, 1.165) is 31.4 Å². The topological polar surface area (TPSA) is 54.3 Å². The van der Waals surface area contributed by atoms with E-state index < -0.39 is 6.10 Å². The molecular formula is C17H20N2O2. The third-order valence-corrected chi connectivity index (χ3v) is 4.08. The number of carbonyl (C=O) groups is 1. The third kappa shape index (κ3) is 3.16. The molecule has 1 amide bonds.